The maximum absolute atomic E-state index is 11.2. The van der Waals surface area contributed by atoms with Gasteiger partial charge < -0.3 is 20.4 Å². The van der Waals surface area contributed by atoms with Crippen molar-refractivity contribution in [2.75, 3.05) is 20.7 Å². The van der Waals surface area contributed by atoms with E-state index in [1.807, 2.05) is 30.6 Å². The molecule has 0 saturated heterocycles. The van der Waals surface area contributed by atoms with Crippen molar-refractivity contribution < 1.29 is 9.53 Å². The molecule has 1 aromatic heterocycles. The first-order valence-electron chi connectivity index (χ1n) is 11.1. The number of hydrogen-bond acceptors (Lipinski definition) is 4. The second kappa shape index (κ2) is 9.88. The summed E-state index contributed by atoms with van der Waals surface area (Å²) in [5.74, 6) is 1.55. The van der Waals surface area contributed by atoms with Crippen molar-refractivity contribution in [2.45, 2.75) is 25.3 Å². The van der Waals surface area contributed by atoms with Crippen molar-refractivity contribution in [3.63, 3.8) is 0 Å². The minimum absolute atomic E-state index is 0.149. The molecule has 0 saturated carbocycles. The van der Waals surface area contributed by atoms with Crippen LogP contribution in [-0.2, 0) is 6.42 Å². The van der Waals surface area contributed by atoms with Crippen molar-refractivity contribution >= 4 is 16.7 Å². The third kappa shape index (κ3) is 5.23. The average molecular weight is 443 g/mol. The molecule has 4 rings (SSSR count). The number of H-pyrrole nitrogens is 1. The molecule has 3 aromatic carbocycles. The lowest BCUT2D eigenvalue weighted by Crippen LogP contribution is -2.32. The van der Waals surface area contributed by atoms with E-state index in [4.69, 9.17) is 10.5 Å². The molecule has 0 bridgehead atoms. The zero-order chi connectivity index (χ0) is 23.4. The third-order valence-corrected chi connectivity index (χ3v) is 6.20. The van der Waals surface area contributed by atoms with E-state index in [1.165, 1.54) is 10.9 Å². The van der Waals surface area contributed by atoms with E-state index in [0.29, 0.717) is 12.2 Å². The van der Waals surface area contributed by atoms with Crippen molar-refractivity contribution in [1.29, 1.82) is 0 Å². The van der Waals surface area contributed by atoms with Crippen molar-refractivity contribution in [3.05, 3.63) is 95.6 Å². The molecule has 2 atom stereocenters. The quantitative estimate of drug-likeness (QED) is 0.403. The van der Waals surface area contributed by atoms with Crippen LogP contribution in [0.25, 0.3) is 10.8 Å². The van der Waals surface area contributed by atoms with Gasteiger partial charge in [-0.3, -0.25) is 4.79 Å². The van der Waals surface area contributed by atoms with Gasteiger partial charge in [0.1, 0.15) is 11.6 Å². The van der Waals surface area contributed by atoms with E-state index >= 15 is 0 Å². The number of imidazole rings is 1. The number of nitrogens with one attached hydrogen (secondary N) is 1. The van der Waals surface area contributed by atoms with E-state index in [2.05, 4.69) is 66.2 Å². The summed E-state index contributed by atoms with van der Waals surface area (Å²) in [7, 11) is 4.19. The van der Waals surface area contributed by atoms with Crippen LogP contribution in [0.3, 0.4) is 0 Å². The third-order valence-electron chi connectivity index (χ3n) is 6.20. The van der Waals surface area contributed by atoms with Crippen molar-refractivity contribution in [3.8, 4) is 5.75 Å². The molecule has 0 spiro atoms. The normalized spacial score (nSPS) is 13.2. The van der Waals surface area contributed by atoms with E-state index in [9.17, 15) is 4.79 Å². The smallest absolute Gasteiger partial charge is 0.248 e. The molecule has 0 aliphatic rings. The van der Waals surface area contributed by atoms with Gasteiger partial charge in [0, 0.05) is 30.4 Å². The molecular weight excluding hydrogens is 412 g/mol. The molecule has 6 nitrogen and oxygen atoms in total. The monoisotopic (exact) mass is 442 g/mol. The van der Waals surface area contributed by atoms with Gasteiger partial charge in [0.05, 0.1) is 12.5 Å². The lowest BCUT2D eigenvalue weighted by Gasteiger charge is -2.28. The van der Waals surface area contributed by atoms with E-state index in [0.717, 1.165) is 28.9 Å². The average Bonchev–Trinajstić information content (AvgIpc) is 3.34. The molecule has 1 heterocycles. The lowest BCUT2D eigenvalue weighted by atomic mass is 9.89. The number of nitrogens with two attached hydrogens (primary N) is 1. The lowest BCUT2D eigenvalue weighted by molar-refractivity contribution is 0.100. The number of carbonyl (C=O) groups is 1. The molecular formula is C27H30N4O2. The van der Waals surface area contributed by atoms with Crippen LogP contribution in [0.15, 0.2) is 73.1 Å². The van der Waals surface area contributed by atoms with E-state index in [1.54, 1.807) is 12.1 Å². The number of benzene rings is 3. The summed E-state index contributed by atoms with van der Waals surface area (Å²) in [5.41, 5.74) is 8.14. The van der Waals surface area contributed by atoms with Crippen LogP contribution in [0.2, 0.25) is 0 Å². The zero-order valence-corrected chi connectivity index (χ0v) is 19.3. The van der Waals surface area contributed by atoms with Crippen LogP contribution < -0.4 is 10.5 Å². The number of fused-ring (bicyclic) bond motifs is 1. The highest BCUT2D eigenvalue weighted by atomic mass is 16.5. The number of aromatic amines is 1. The number of hydrogen-bond donors (Lipinski definition) is 2. The van der Waals surface area contributed by atoms with Gasteiger partial charge in [-0.1, -0.05) is 36.4 Å². The van der Waals surface area contributed by atoms with Gasteiger partial charge in [-0.2, -0.15) is 0 Å². The molecule has 4 aromatic rings. The summed E-state index contributed by atoms with van der Waals surface area (Å²) >= 11 is 0. The Morgan fingerprint density at radius 3 is 2.45 bits per heavy atom. The fourth-order valence-electron chi connectivity index (χ4n) is 4.06. The Morgan fingerprint density at radius 2 is 1.79 bits per heavy atom. The first-order chi connectivity index (χ1) is 15.9. The van der Waals surface area contributed by atoms with Gasteiger partial charge in [0.15, 0.2) is 0 Å². The van der Waals surface area contributed by atoms with Crippen molar-refractivity contribution in [1.82, 2.24) is 14.9 Å². The SMILES string of the molecule is CC(C(c1ccc2cc(OCCc3ccc(C(N)=O)cc3)ccc2c1)c1ncc[nH]1)N(C)C. The number of likely N-dealkylation sites (N-methyl/N-ethyl adjacent to an activating group) is 1. The summed E-state index contributed by atoms with van der Waals surface area (Å²) in [5, 5.41) is 2.31. The van der Waals surface area contributed by atoms with Crippen molar-refractivity contribution in [2.24, 2.45) is 5.73 Å². The molecule has 170 valence electrons. The van der Waals surface area contributed by atoms with E-state index in [-0.39, 0.29) is 12.0 Å². The van der Waals surface area contributed by atoms with Gasteiger partial charge in [-0.25, -0.2) is 4.98 Å². The number of amides is 1. The highest BCUT2D eigenvalue weighted by Gasteiger charge is 2.25. The fraction of sp³-hybridized carbons (Fsp3) is 0.259. The van der Waals surface area contributed by atoms with Gasteiger partial charge in [0.2, 0.25) is 5.91 Å². The molecule has 0 fully saturated rings. The van der Waals surface area contributed by atoms with Crippen LogP contribution in [0, 0.1) is 0 Å². The number of rotatable bonds is 9. The summed E-state index contributed by atoms with van der Waals surface area (Å²) in [6.45, 7) is 2.77. The first kappa shape index (κ1) is 22.6. The maximum Gasteiger partial charge on any atom is 0.248 e. The second-order valence-corrected chi connectivity index (χ2v) is 8.58. The largest absolute Gasteiger partial charge is 0.493 e. The number of ether oxygens (including phenoxy) is 1. The summed E-state index contributed by atoms with van der Waals surface area (Å²) in [6, 6.07) is 20.4. The predicted octanol–water partition coefficient (Wildman–Crippen LogP) is 4.37. The topological polar surface area (TPSA) is 84.2 Å². The molecule has 0 radical (unpaired) electrons. The van der Waals surface area contributed by atoms with Gasteiger partial charge >= 0.3 is 0 Å². The van der Waals surface area contributed by atoms with Gasteiger partial charge in [-0.15, -0.1) is 0 Å². The summed E-state index contributed by atoms with van der Waals surface area (Å²) < 4.78 is 5.99. The number of nitrogens with zero attached hydrogens (tertiary/aromatic N) is 2. The Kier molecular flexibility index (Phi) is 6.75. The van der Waals surface area contributed by atoms with Crippen LogP contribution in [0.1, 0.15) is 40.2 Å². The molecule has 6 heteroatoms. The minimum Gasteiger partial charge on any atom is -0.493 e. The molecule has 33 heavy (non-hydrogen) atoms. The number of primary amides is 1. The molecule has 3 N–H and O–H groups in total. The Bertz CT molecular complexity index is 1220. The van der Waals surface area contributed by atoms with Crippen LogP contribution in [0.5, 0.6) is 5.75 Å². The van der Waals surface area contributed by atoms with Crippen LogP contribution in [0.4, 0.5) is 0 Å². The first-order valence-corrected chi connectivity index (χ1v) is 11.1. The molecule has 1 amide bonds. The standard InChI is InChI=1S/C27H30N4O2/c1-18(31(2)3)25(27-29-13-14-30-27)23-9-8-22-17-24(11-10-21(22)16-23)33-15-12-19-4-6-20(7-5-19)26(28)32/h4-11,13-14,16-18,25H,12,15H2,1-3H3,(H2,28,32)(H,29,30). The van der Waals surface area contributed by atoms with Crippen LogP contribution >= 0.6 is 0 Å². The highest BCUT2D eigenvalue weighted by molar-refractivity contribution is 5.92. The second-order valence-electron chi connectivity index (χ2n) is 8.58. The maximum atomic E-state index is 11.2. The fourth-order valence-corrected chi connectivity index (χ4v) is 4.06. The summed E-state index contributed by atoms with van der Waals surface area (Å²) in [6.07, 6.45) is 4.44. The molecule has 0 aliphatic carbocycles. The Balaban J connectivity index is 1.47. The predicted molar refractivity (Wildman–Crippen MR) is 132 cm³/mol. The molecule has 2 unspecified atom stereocenters. The van der Waals surface area contributed by atoms with Gasteiger partial charge in [-0.05, 0) is 67.2 Å². The Labute approximate surface area is 194 Å². The zero-order valence-electron chi connectivity index (χ0n) is 19.3. The van der Waals surface area contributed by atoms with E-state index < -0.39 is 5.91 Å². The highest BCUT2D eigenvalue weighted by Crippen LogP contribution is 2.31. The minimum atomic E-state index is -0.413. The Morgan fingerprint density at radius 1 is 1.06 bits per heavy atom. The Hall–Kier alpha value is -3.64. The number of aromatic nitrogens is 2. The number of carbonyl (C=O) groups excluding carboxylic acids is 1. The van der Waals surface area contributed by atoms with Crippen LogP contribution in [-0.4, -0.2) is 47.5 Å². The summed E-state index contributed by atoms with van der Waals surface area (Å²) in [4.78, 5) is 21.2. The van der Waals surface area contributed by atoms with Gasteiger partial charge in [0.25, 0.3) is 0 Å². The molecule has 0 aliphatic heterocycles.